The van der Waals surface area contributed by atoms with Gasteiger partial charge in [-0.25, -0.2) is 0 Å². The van der Waals surface area contributed by atoms with E-state index in [0.717, 1.165) is 37.1 Å². The molecule has 0 bridgehead atoms. The molecule has 69 heavy (non-hydrogen) atoms. The third-order valence-corrected chi connectivity index (χ3v) is 9.45. The standard InChI is InChI=1S/C30H48N2O5.C8H18O8S2.C6H14O4.4CH4/c1-23-9-7-10-24(2)29(23)36-21-27(5)31-13-15-33-17-19-35-20-18-34-16-14-32-28(6)22-37-30-25(3)11-8-12-26(30)4;1-17(9,10)15-7-5-13-3-4-14-6-8-16-18(2,11)12;7-1-3-9-5-6-10-4-2-8;;;;/h7-12,27-28,31-32H,13-22H2,1-6H3;3-8H2,1-2H3;7-8H,1-6H2;4*1H4. The minimum Gasteiger partial charge on any atom is -0.491 e. The SMILES string of the molecule is C.C.C.C.CS(=O)(=O)OCCOCCOCCOS(C)(=O)=O.Cc1cccc(C)c1OCC(C)NCCOCCOCCOCCNC(C)COc1c(C)cccc1C.OCCOCCOCCO. The van der Waals surface area contributed by atoms with Crippen molar-refractivity contribution in [2.75, 3.05) is 158 Å². The lowest BCUT2D eigenvalue weighted by molar-refractivity contribution is 0.0150. The quantitative estimate of drug-likeness (QED) is 0.0517. The summed E-state index contributed by atoms with van der Waals surface area (Å²) in [5.41, 5.74) is 4.67. The van der Waals surface area contributed by atoms with Crippen molar-refractivity contribution < 1.29 is 78.0 Å². The molecule has 0 heterocycles. The molecule has 21 heteroatoms. The maximum atomic E-state index is 10.6. The van der Waals surface area contributed by atoms with E-state index in [1.54, 1.807) is 0 Å². The van der Waals surface area contributed by atoms with Crippen molar-refractivity contribution in [2.24, 2.45) is 0 Å². The fourth-order valence-electron chi connectivity index (χ4n) is 5.15. The maximum absolute atomic E-state index is 10.6. The summed E-state index contributed by atoms with van der Waals surface area (Å²) in [6, 6.07) is 12.9. The van der Waals surface area contributed by atoms with Gasteiger partial charge in [0.15, 0.2) is 0 Å². The van der Waals surface area contributed by atoms with E-state index in [0.29, 0.717) is 79.3 Å². The van der Waals surface area contributed by atoms with Crippen molar-refractivity contribution in [2.45, 2.75) is 83.3 Å². The van der Waals surface area contributed by atoms with Gasteiger partial charge in [0, 0.05) is 25.2 Å². The van der Waals surface area contributed by atoms with Gasteiger partial charge < -0.3 is 63.5 Å². The molecule has 0 aliphatic rings. The molecule has 412 valence electrons. The smallest absolute Gasteiger partial charge is 0.264 e. The molecule has 2 atom stereocenters. The number of aryl methyl sites for hydroxylation is 4. The molecule has 4 N–H and O–H groups in total. The topological polar surface area (TPSA) is 234 Å². The minimum absolute atomic E-state index is 0. The van der Waals surface area contributed by atoms with Crippen LogP contribution in [-0.2, 0) is 61.8 Å². The molecule has 0 saturated heterocycles. The fourth-order valence-corrected chi connectivity index (χ4v) is 5.89. The Kier molecular flexibility index (Phi) is 53.5. The highest BCUT2D eigenvalue weighted by Crippen LogP contribution is 2.23. The summed E-state index contributed by atoms with van der Waals surface area (Å²) in [7, 11) is -6.86. The molecule has 0 amide bonds. The minimum atomic E-state index is -3.43. The number of ether oxygens (including phenoxy) is 9. The van der Waals surface area contributed by atoms with Crippen LogP contribution in [0.25, 0.3) is 0 Å². The van der Waals surface area contributed by atoms with Crippen molar-refractivity contribution in [1.82, 2.24) is 10.6 Å². The van der Waals surface area contributed by atoms with Crippen LogP contribution in [0, 0.1) is 27.7 Å². The Morgan fingerprint density at radius 1 is 0.435 bits per heavy atom. The average Bonchev–Trinajstić information content (AvgIpc) is 3.24. The van der Waals surface area contributed by atoms with Crippen LogP contribution in [0.1, 0.15) is 65.8 Å². The van der Waals surface area contributed by atoms with Crippen molar-refractivity contribution in [3.63, 3.8) is 0 Å². The van der Waals surface area contributed by atoms with Gasteiger partial charge in [-0.3, -0.25) is 8.37 Å². The van der Waals surface area contributed by atoms with Crippen LogP contribution in [-0.4, -0.2) is 197 Å². The normalized spacial score (nSPS) is 11.7. The predicted molar refractivity (Wildman–Crippen MR) is 276 cm³/mol. The van der Waals surface area contributed by atoms with Gasteiger partial charge >= 0.3 is 0 Å². The van der Waals surface area contributed by atoms with E-state index in [1.807, 2.05) is 0 Å². The Hall–Kier alpha value is -2.58. The first-order valence-electron chi connectivity index (χ1n) is 21.8. The fraction of sp³-hybridized carbons (Fsp3) is 0.750. The van der Waals surface area contributed by atoms with Crippen molar-refractivity contribution in [3.05, 3.63) is 58.7 Å². The third kappa shape index (κ3) is 48.8. The number of nitrogens with one attached hydrogen (secondary N) is 2. The zero-order valence-electron chi connectivity index (χ0n) is 40.0. The summed E-state index contributed by atoms with van der Waals surface area (Å²) in [6.45, 7) is 21.4. The zero-order valence-corrected chi connectivity index (χ0v) is 41.6. The van der Waals surface area contributed by atoms with Crippen LogP contribution < -0.4 is 20.1 Å². The molecule has 2 unspecified atom stereocenters. The summed E-state index contributed by atoms with van der Waals surface area (Å²) in [6.07, 6.45) is 1.91. The highest BCUT2D eigenvalue weighted by Gasteiger charge is 2.09. The van der Waals surface area contributed by atoms with Crippen LogP contribution in [0.2, 0.25) is 0 Å². The molecule has 0 spiro atoms. The van der Waals surface area contributed by atoms with Gasteiger partial charge in [-0.1, -0.05) is 66.1 Å². The summed E-state index contributed by atoms with van der Waals surface area (Å²) in [5, 5.41) is 23.4. The summed E-state index contributed by atoms with van der Waals surface area (Å²) in [5.74, 6) is 1.97. The predicted octanol–water partition coefficient (Wildman–Crippen LogP) is 4.90. The van der Waals surface area contributed by atoms with Crippen LogP contribution >= 0.6 is 0 Å². The second-order valence-electron chi connectivity index (χ2n) is 14.6. The van der Waals surface area contributed by atoms with Crippen molar-refractivity contribution in [1.29, 1.82) is 0 Å². The summed E-state index contributed by atoms with van der Waals surface area (Å²) < 4.78 is 99.7. The summed E-state index contributed by atoms with van der Waals surface area (Å²) in [4.78, 5) is 0. The second-order valence-corrected chi connectivity index (χ2v) is 17.8. The molecule has 0 fully saturated rings. The Morgan fingerprint density at radius 2 is 0.681 bits per heavy atom. The number of aliphatic hydroxyl groups excluding tert-OH is 2. The van der Waals surface area contributed by atoms with Gasteiger partial charge in [0.05, 0.1) is 131 Å². The largest absolute Gasteiger partial charge is 0.491 e. The molecule has 0 aromatic heterocycles. The van der Waals surface area contributed by atoms with Crippen LogP contribution in [0.4, 0.5) is 0 Å². The van der Waals surface area contributed by atoms with Gasteiger partial charge in [0.1, 0.15) is 24.7 Å². The number of aliphatic hydroxyl groups is 2. The lowest BCUT2D eigenvalue weighted by atomic mass is 10.1. The number of hydrogen-bond acceptors (Lipinski definition) is 19. The van der Waals surface area contributed by atoms with Crippen LogP contribution in [0.3, 0.4) is 0 Å². The third-order valence-electron chi connectivity index (χ3n) is 8.26. The van der Waals surface area contributed by atoms with E-state index in [1.165, 1.54) is 22.3 Å². The second kappa shape index (κ2) is 49.0. The molecule has 2 rings (SSSR count). The average molecular weight is 1040 g/mol. The highest BCUT2D eigenvalue weighted by atomic mass is 32.2. The van der Waals surface area contributed by atoms with E-state index >= 15 is 0 Å². The van der Waals surface area contributed by atoms with Crippen molar-refractivity contribution >= 4 is 20.2 Å². The first-order valence-corrected chi connectivity index (χ1v) is 25.4. The molecule has 0 radical (unpaired) electrons. The molecule has 2 aromatic carbocycles. The van der Waals surface area contributed by atoms with Crippen LogP contribution in [0.5, 0.6) is 11.5 Å². The molecule has 2 aromatic rings. The molecule has 0 aliphatic carbocycles. The molecular formula is C48H96N2O17S2. The van der Waals surface area contributed by atoms with E-state index in [-0.39, 0.29) is 94.6 Å². The van der Waals surface area contributed by atoms with E-state index in [2.05, 4.69) is 96.9 Å². The molecule has 19 nitrogen and oxygen atoms in total. The highest BCUT2D eigenvalue weighted by molar-refractivity contribution is 7.86. The number of para-hydroxylation sites is 2. The lowest BCUT2D eigenvalue weighted by Gasteiger charge is -2.17. The molecule has 0 aliphatic heterocycles. The van der Waals surface area contributed by atoms with Gasteiger partial charge in [-0.15, -0.1) is 0 Å². The van der Waals surface area contributed by atoms with Gasteiger partial charge in [-0.2, -0.15) is 16.8 Å². The maximum Gasteiger partial charge on any atom is 0.264 e. The van der Waals surface area contributed by atoms with Gasteiger partial charge in [0.25, 0.3) is 20.2 Å². The Morgan fingerprint density at radius 3 is 0.942 bits per heavy atom. The van der Waals surface area contributed by atoms with Crippen molar-refractivity contribution in [3.8, 4) is 11.5 Å². The van der Waals surface area contributed by atoms with E-state index < -0.39 is 20.2 Å². The summed E-state index contributed by atoms with van der Waals surface area (Å²) >= 11 is 0. The number of benzene rings is 2. The Labute approximate surface area is 418 Å². The Bertz CT molecular complexity index is 1500. The monoisotopic (exact) mass is 1040 g/mol. The lowest BCUT2D eigenvalue weighted by Crippen LogP contribution is -2.34. The van der Waals surface area contributed by atoms with E-state index in [9.17, 15) is 16.8 Å². The number of hydrogen-bond donors (Lipinski definition) is 4. The molecular weight excluding hydrogens is 941 g/mol. The number of rotatable bonds is 38. The van der Waals surface area contributed by atoms with Gasteiger partial charge in [0.2, 0.25) is 0 Å². The zero-order chi connectivity index (χ0) is 48.6. The van der Waals surface area contributed by atoms with E-state index in [4.69, 9.17) is 52.8 Å². The van der Waals surface area contributed by atoms with Gasteiger partial charge in [-0.05, 0) is 63.8 Å². The Balaban J connectivity index is -0.000000357. The first-order chi connectivity index (χ1) is 31.0. The first kappa shape index (κ1) is 75.4. The van der Waals surface area contributed by atoms with Crippen LogP contribution in [0.15, 0.2) is 36.4 Å². The molecule has 0 saturated carbocycles.